The van der Waals surface area contributed by atoms with Gasteiger partial charge in [-0.05, 0) is 43.7 Å². The summed E-state index contributed by atoms with van der Waals surface area (Å²) in [6.07, 6.45) is 0.175. The van der Waals surface area contributed by atoms with Gasteiger partial charge < -0.3 is 15.0 Å². The first-order valence-electron chi connectivity index (χ1n) is 8.44. The van der Waals surface area contributed by atoms with E-state index in [1.54, 1.807) is 0 Å². The van der Waals surface area contributed by atoms with Crippen LogP contribution in [0.2, 0.25) is 0 Å². The second kappa shape index (κ2) is 7.49. The van der Waals surface area contributed by atoms with Gasteiger partial charge in [0.05, 0.1) is 12.2 Å². The van der Waals surface area contributed by atoms with Crippen molar-refractivity contribution in [3.63, 3.8) is 0 Å². The molecule has 24 heavy (non-hydrogen) atoms. The molecule has 2 atom stereocenters. The monoisotopic (exact) mass is 324 g/mol. The van der Waals surface area contributed by atoms with Crippen LogP contribution < -0.4 is 5.32 Å². The number of nitrogens with zero attached hydrogens (tertiary/aromatic N) is 1. The molecule has 0 spiro atoms. The highest BCUT2D eigenvalue weighted by molar-refractivity contribution is 5.94. The molecule has 1 fully saturated rings. The van der Waals surface area contributed by atoms with Crippen LogP contribution in [0.15, 0.2) is 54.6 Å². The quantitative estimate of drug-likeness (QED) is 0.935. The van der Waals surface area contributed by atoms with Crippen LogP contribution in [0.5, 0.6) is 0 Å². The van der Waals surface area contributed by atoms with Crippen LogP contribution in [-0.2, 0) is 11.3 Å². The van der Waals surface area contributed by atoms with E-state index in [-0.39, 0.29) is 18.1 Å². The Hall–Kier alpha value is -2.33. The highest BCUT2D eigenvalue weighted by Crippen LogP contribution is 2.16. The Labute approximate surface area is 143 Å². The van der Waals surface area contributed by atoms with E-state index in [9.17, 15) is 4.79 Å². The molecule has 1 aliphatic rings. The molecule has 1 saturated heterocycles. The molecule has 126 valence electrons. The minimum atomic E-state index is 0.0756. The highest BCUT2D eigenvalue weighted by Gasteiger charge is 2.26. The molecule has 1 heterocycles. The number of carbonyl (C=O) groups is 1. The van der Waals surface area contributed by atoms with Gasteiger partial charge in [-0.15, -0.1) is 0 Å². The van der Waals surface area contributed by atoms with Crippen molar-refractivity contribution in [2.45, 2.75) is 32.6 Å². The van der Waals surface area contributed by atoms with E-state index in [0.717, 1.165) is 17.8 Å². The van der Waals surface area contributed by atoms with Crippen molar-refractivity contribution in [1.82, 2.24) is 4.90 Å². The zero-order chi connectivity index (χ0) is 16.9. The molecule has 2 aromatic rings. The summed E-state index contributed by atoms with van der Waals surface area (Å²) in [5.41, 5.74) is 2.97. The van der Waals surface area contributed by atoms with E-state index in [2.05, 4.69) is 17.4 Å². The molecule has 0 aromatic heterocycles. The van der Waals surface area contributed by atoms with Crippen molar-refractivity contribution in [3.8, 4) is 0 Å². The third-order valence-electron chi connectivity index (χ3n) is 4.18. The number of nitrogens with one attached hydrogen (secondary N) is 1. The minimum absolute atomic E-state index is 0.0756. The van der Waals surface area contributed by atoms with Gasteiger partial charge >= 0.3 is 0 Å². The van der Waals surface area contributed by atoms with Crippen LogP contribution >= 0.6 is 0 Å². The first-order valence-corrected chi connectivity index (χ1v) is 8.44. The van der Waals surface area contributed by atoms with Crippen molar-refractivity contribution in [2.75, 3.05) is 18.4 Å². The molecule has 0 saturated carbocycles. The average molecular weight is 324 g/mol. The highest BCUT2D eigenvalue weighted by atomic mass is 16.5. The molecule has 1 aliphatic heterocycles. The molecule has 0 aliphatic carbocycles. The molecule has 1 N–H and O–H groups in total. The average Bonchev–Trinajstić information content (AvgIpc) is 2.60. The lowest BCUT2D eigenvalue weighted by Crippen LogP contribution is -2.48. The minimum Gasteiger partial charge on any atom is -0.381 e. The number of amides is 1. The van der Waals surface area contributed by atoms with Gasteiger partial charge in [-0.2, -0.15) is 0 Å². The number of benzene rings is 2. The van der Waals surface area contributed by atoms with E-state index in [1.165, 1.54) is 5.56 Å². The maximum atomic E-state index is 12.6. The summed E-state index contributed by atoms with van der Waals surface area (Å²) >= 11 is 0. The van der Waals surface area contributed by atoms with Crippen LogP contribution in [0.3, 0.4) is 0 Å². The third kappa shape index (κ3) is 4.15. The Morgan fingerprint density at radius 2 is 1.67 bits per heavy atom. The van der Waals surface area contributed by atoms with Crippen LogP contribution in [-0.4, -0.2) is 36.1 Å². The molecule has 3 rings (SSSR count). The third-order valence-corrected chi connectivity index (χ3v) is 4.18. The number of anilines is 1. The van der Waals surface area contributed by atoms with Gasteiger partial charge in [-0.25, -0.2) is 0 Å². The maximum absolute atomic E-state index is 12.6. The van der Waals surface area contributed by atoms with Crippen LogP contribution in [0.25, 0.3) is 0 Å². The molecular weight excluding hydrogens is 300 g/mol. The normalized spacial score (nSPS) is 20.7. The van der Waals surface area contributed by atoms with E-state index in [0.29, 0.717) is 13.1 Å². The maximum Gasteiger partial charge on any atom is 0.254 e. The van der Waals surface area contributed by atoms with Crippen molar-refractivity contribution >= 4 is 11.6 Å². The first-order chi connectivity index (χ1) is 11.6. The summed E-state index contributed by atoms with van der Waals surface area (Å²) in [4.78, 5) is 14.5. The Kier molecular flexibility index (Phi) is 5.16. The Balaban J connectivity index is 1.60. The topological polar surface area (TPSA) is 41.6 Å². The molecular formula is C20H24N2O2. The second-order valence-corrected chi connectivity index (χ2v) is 6.38. The number of morpholine rings is 1. The van der Waals surface area contributed by atoms with E-state index >= 15 is 0 Å². The molecule has 1 amide bonds. The summed E-state index contributed by atoms with van der Waals surface area (Å²) in [5, 5.41) is 3.38. The van der Waals surface area contributed by atoms with Gasteiger partial charge in [0.15, 0.2) is 0 Å². The predicted octanol–water partition coefficient (Wildman–Crippen LogP) is 3.55. The lowest BCUT2D eigenvalue weighted by Gasteiger charge is -2.35. The smallest absolute Gasteiger partial charge is 0.254 e. The number of hydrogen-bond acceptors (Lipinski definition) is 3. The van der Waals surface area contributed by atoms with Gasteiger partial charge in [0, 0.05) is 30.9 Å². The lowest BCUT2D eigenvalue weighted by atomic mass is 10.1. The number of carbonyl (C=O) groups excluding carboxylic acids is 1. The standard InChI is InChI=1S/C20H24N2O2/c1-15-13-22(14-16(2)24-15)20(23)18-8-10-19(11-9-18)21-12-17-6-4-3-5-7-17/h3-11,15-16,21H,12-14H2,1-2H3. The zero-order valence-corrected chi connectivity index (χ0v) is 14.2. The van der Waals surface area contributed by atoms with Crippen molar-refractivity contribution in [1.29, 1.82) is 0 Å². The van der Waals surface area contributed by atoms with Crippen LogP contribution in [0.1, 0.15) is 29.8 Å². The molecule has 2 unspecified atom stereocenters. The number of hydrogen-bond donors (Lipinski definition) is 1. The summed E-state index contributed by atoms with van der Waals surface area (Å²) < 4.78 is 5.69. The molecule has 4 heteroatoms. The van der Waals surface area contributed by atoms with E-state index in [4.69, 9.17) is 4.74 Å². The number of rotatable bonds is 4. The fourth-order valence-corrected chi connectivity index (χ4v) is 3.06. The van der Waals surface area contributed by atoms with Gasteiger partial charge in [-0.3, -0.25) is 4.79 Å². The summed E-state index contributed by atoms with van der Waals surface area (Å²) in [7, 11) is 0. The predicted molar refractivity (Wildman–Crippen MR) is 96.1 cm³/mol. The first kappa shape index (κ1) is 16.5. The van der Waals surface area contributed by atoms with Gasteiger partial charge in [0.1, 0.15) is 0 Å². The van der Waals surface area contributed by atoms with E-state index < -0.39 is 0 Å². The van der Waals surface area contributed by atoms with Crippen LogP contribution in [0.4, 0.5) is 5.69 Å². The second-order valence-electron chi connectivity index (χ2n) is 6.38. The summed E-state index contributed by atoms with van der Waals surface area (Å²) in [6, 6.07) is 18.0. The molecule has 2 aromatic carbocycles. The lowest BCUT2D eigenvalue weighted by molar-refractivity contribution is -0.0586. The Bertz CT molecular complexity index is 660. The van der Waals surface area contributed by atoms with Crippen molar-refractivity contribution < 1.29 is 9.53 Å². The Morgan fingerprint density at radius 3 is 2.29 bits per heavy atom. The largest absolute Gasteiger partial charge is 0.381 e. The summed E-state index contributed by atoms with van der Waals surface area (Å²) in [5.74, 6) is 0.0756. The van der Waals surface area contributed by atoms with Crippen molar-refractivity contribution in [3.05, 3.63) is 65.7 Å². The molecule has 0 bridgehead atoms. The number of ether oxygens (including phenoxy) is 1. The fraction of sp³-hybridized carbons (Fsp3) is 0.350. The SMILES string of the molecule is CC1CN(C(=O)c2ccc(NCc3ccccc3)cc2)CC(C)O1. The molecule has 4 nitrogen and oxygen atoms in total. The van der Waals surface area contributed by atoms with Gasteiger partial charge in [0.2, 0.25) is 0 Å². The fourth-order valence-electron chi connectivity index (χ4n) is 3.06. The molecule has 0 radical (unpaired) electrons. The van der Waals surface area contributed by atoms with E-state index in [1.807, 2.05) is 61.2 Å². The van der Waals surface area contributed by atoms with Gasteiger partial charge in [0.25, 0.3) is 5.91 Å². The van der Waals surface area contributed by atoms with Gasteiger partial charge in [-0.1, -0.05) is 30.3 Å². The van der Waals surface area contributed by atoms with Crippen LogP contribution in [0, 0.1) is 0 Å². The van der Waals surface area contributed by atoms with Crippen molar-refractivity contribution in [2.24, 2.45) is 0 Å². The zero-order valence-electron chi connectivity index (χ0n) is 14.2. The summed E-state index contributed by atoms with van der Waals surface area (Å²) in [6.45, 7) is 6.08. The Morgan fingerprint density at radius 1 is 1.04 bits per heavy atom.